The highest BCUT2D eigenvalue weighted by Crippen LogP contribution is 2.38. The van der Waals surface area contributed by atoms with Crippen LogP contribution in [0.5, 0.6) is 0 Å². The first kappa shape index (κ1) is 25.0. The molecule has 1 aromatic heterocycles. The van der Waals surface area contributed by atoms with Crippen molar-refractivity contribution in [1.29, 1.82) is 0 Å². The predicted octanol–water partition coefficient (Wildman–Crippen LogP) is 6.10. The van der Waals surface area contributed by atoms with Crippen molar-refractivity contribution in [2.24, 2.45) is 0 Å². The standard InChI is InChI=1S/C27H27F3N2O2S/c1-3-13-31(26(34)20-5-4-6-21(16-20)27(28,29)30)17-24(33)32-14-11-23-22(12-15-35-23)25(32)19-9-7-18(2)8-10-19/h4-10,12,15-16,25H,3,11,13-14,17H2,1-2H3. The highest BCUT2D eigenvalue weighted by molar-refractivity contribution is 7.10. The molecule has 0 saturated carbocycles. The summed E-state index contributed by atoms with van der Waals surface area (Å²) in [5, 5.41) is 2.03. The maximum absolute atomic E-state index is 13.6. The van der Waals surface area contributed by atoms with E-state index < -0.39 is 17.6 Å². The molecule has 0 bridgehead atoms. The van der Waals surface area contributed by atoms with Crippen LogP contribution in [-0.4, -0.2) is 41.2 Å². The Morgan fingerprint density at radius 3 is 2.54 bits per heavy atom. The van der Waals surface area contributed by atoms with Crippen molar-refractivity contribution in [3.05, 3.63) is 92.7 Å². The number of halogens is 3. The fourth-order valence-corrected chi connectivity index (χ4v) is 5.38. The zero-order chi connectivity index (χ0) is 25.2. The van der Waals surface area contributed by atoms with Crippen LogP contribution in [0.3, 0.4) is 0 Å². The summed E-state index contributed by atoms with van der Waals surface area (Å²) in [6, 6.07) is 14.2. The summed E-state index contributed by atoms with van der Waals surface area (Å²) in [6.45, 7) is 4.47. The van der Waals surface area contributed by atoms with Gasteiger partial charge in [0, 0.05) is 23.5 Å². The molecule has 2 aromatic carbocycles. The van der Waals surface area contributed by atoms with E-state index in [1.807, 2.05) is 49.6 Å². The van der Waals surface area contributed by atoms with Crippen LogP contribution < -0.4 is 0 Å². The van der Waals surface area contributed by atoms with Crippen LogP contribution in [0.2, 0.25) is 0 Å². The van der Waals surface area contributed by atoms with E-state index in [9.17, 15) is 22.8 Å². The molecule has 1 aliphatic rings. The Morgan fingerprint density at radius 1 is 1.11 bits per heavy atom. The van der Waals surface area contributed by atoms with Gasteiger partial charge in [0.05, 0.1) is 11.6 Å². The van der Waals surface area contributed by atoms with Gasteiger partial charge in [0.2, 0.25) is 5.91 Å². The molecule has 2 heterocycles. The molecule has 0 fully saturated rings. The van der Waals surface area contributed by atoms with Crippen LogP contribution in [0.25, 0.3) is 0 Å². The molecule has 1 aliphatic heterocycles. The van der Waals surface area contributed by atoms with Crippen molar-refractivity contribution >= 4 is 23.2 Å². The van der Waals surface area contributed by atoms with Gasteiger partial charge in [-0.05, 0) is 60.5 Å². The Hall–Kier alpha value is -3.13. The van der Waals surface area contributed by atoms with Crippen molar-refractivity contribution in [3.8, 4) is 0 Å². The van der Waals surface area contributed by atoms with Gasteiger partial charge in [-0.3, -0.25) is 9.59 Å². The molecule has 4 rings (SSSR count). The Labute approximate surface area is 207 Å². The monoisotopic (exact) mass is 500 g/mol. The molecule has 2 amide bonds. The summed E-state index contributed by atoms with van der Waals surface area (Å²) in [4.78, 5) is 31.1. The van der Waals surface area contributed by atoms with E-state index in [1.54, 1.807) is 16.2 Å². The van der Waals surface area contributed by atoms with E-state index >= 15 is 0 Å². The average Bonchev–Trinajstić information content (AvgIpc) is 3.32. The van der Waals surface area contributed by atoms with Crippen molar-refractivity contribution in [1.82, 2.24) is 9.80 Å². The zero-order valence-electron chi connectivity index (χ0n) is 19.6. The van der Waals surface area contributed by atoms with Crippen molar-refractivity contribution in [2.45, 2.75) is 38.9 Å². The van der Waals surface area contributed by atoms with Crippen LogP contribution in [0.1, 0.15) is 56.9 Å². The molecule has 8 heteroatoms. The zero-order valence-corrected chi connectivity index (χ0v) is 20.5. The molecule has 184 valence electrons. The van der Waals surface area contributed by atoms with E-state index in [2.05, 4.69) is 0 Å². The highest BCUT2D eigenvalue weighted by atomic mass is 32.1. The summed E-state index contributed by atoms with van der Waals surface area (Å²) in [5.74, 6) is -0.799. The molecule has 0 spiro atoms. The number of benzene rings is 2. The molecular weight excluding hydrogens is 473 g/mol. The van der Waals surface area contributed by atoms with Crippen LogP contribution in [-0.2, 0) is 17.4 Å². The largest absolute Gasteiger partial charge is 0.416 e. The first-order chi connectivity index (χ1) is 16.7. The second-order valence-electron chi connectivity index (χ2n) is 8.75. The van der Waals surface area contributed by atoms with Gasteiger partial charge in [0.15, 0.2) is 0 Å². The maximum Gasteiger partial charge on any atom is 0.416 e. The number of fused-ring (bicyclic) bond motifs is 1. The molecular formula is C27H27F3N2O2S. The molecule has 35 heavy (non-hydrogen) atoms. The van der Waals surface area contributed by atoms with Gasteiger partial charge in [-0.15, -0.1) is 11.3 Å². The van der Waals surface area contributed by atoms with Crippen LogP contribution in [0.15, 0.2) is 60.0 Å². The van der Waals surface area contributed by atoms with Gasteiger partial charge in [0.25, 0.3) is 5.91 Å². The Kier molecular flexibility index (Phi) is 7.31. The van der Waals surface area contributed by atoms with Crippen molar-refractivity contribution in [3.63, 3.8) is 0 Å². The normalized spacial score (nSPS) is 15.6. The van der Waals surface area contributed by atoms with Gasteiger partial charge in [-0.1, -0.05) is 42.8 Å². The number of aryl methyl sites for hydroxylation is 1. The fraction of sp³-hybridized carbons (Fsp3) is 0.333. The Morgan fingerprint density at radius 2 is 1.86 bits per heavy atom. The number of hydrogen-bond acceptors (Lipinski definition) is 3. The molecule has 0 saturated heterocycles. The van der Waals surface area contributed by atoms with Crippen molar-refractivity contribution < 1.29 is 22.8 Å². The summed E-state index contributed by atoms with van der Waals surface area (Å²) in [7, 11) is 0. The number of thiophene rings is 1. The second-order valence-corrected chi connectivity index (χ2v) is 9.76. The van der Waals surface area contributed by atoms with Crippen molar-refractivity contribution in [2.75, 3.05) is 19.6 Å². The summed E-state index contributed by atoms with van der Waals surface area (Å²) in [5.41, 5.74) is 2.24. The first-order valence-corrected chi connectivity index (χ1v) is 12.5. The van der Waals surface area contributed by atoms with E-state index in [0.717, 1.165) is 35.2 Å². The lowest BCUT2D eigenvalue weighted by Crippen LogP contribution is -2.47. The topological polar surface area (TPSA) is 40.6 Å². The lowest BCUT2D eigenvalue weighted by atomic mass is 9.92. The summed E-state index contributed by atoms with van der Waals surface area (Å²) in [6.07, 6.45) is -3.24. The minimum absolute atomic E-state index is 0.0741. The number of alkyl halides is 3. The van der Waals surface area contributed by atoms with Crippen LogP contribution >= 0.6 is 11.3 Å². The third-order valence-electron chi connectivity index (χ3n) is 6.22. The molecule has 3 aromatic rings. The molecule has 4 nitrogen and oxygen atoms in total. The minimum Gasteiger partial charge on any atom is -0.330 e. The Balaban J connectivity index is 1.60. The highest BCUT2D eigenvalue weighted by Gasteiger charge is 2.35. The lowest BCUT2D eigenvalue weighted by molar-refractivity contribution is -0.137. The number of rotatable bonds is 6. The number of carbonyl (C=O) groups is 2. The number of amides is 2. The number of nitrogens with zero attached hydrogens (tertiary/aromatic N) is 2. The van der Waals surface area contributed by atoms with E-state index in [1.165, 1.54) is 21.9 Å². The quantitative estimate of drug-likeness (QED) is 0.410. The van der Waals surface area contributed by atoms with Gasteiger partial charge in [-0.25, -0.2) is 0 Å². The predicted molar refractivity (Wildman–Crippen MR) is 130 cm³/mol. The molecule has 0 N–H and O–H groups in total. The van der Waals surface area contributed by atoms with E-state index in [4.69, 9.17) is 0 Å². The van der Waals surface area contributed by atoms with Gasteiger partial charge >= 0.3 is 6.18 Å². The minimum atomic E-state index is -4.55. The maximum atomic E-state index is 13.6. The van der Waals surface area contributed by atoms with Crippen LogP contribution in [0, 0.1) is 6.92 Å². The molecule has 1 unspecified atom stereocenters. The Bertz CT molecular complexity index is 1200. The van der Waals surface area contributed by atoms with Crippen LogP contribution in [0.4, 0.5) is 13.2 Å². The number of hydrogen-bond donors (Lipinski definition) is 0. The second kappa shape index (κ2) is 10.2. The molecule has 1 atom stereocenters. The fourth-order valence-electron chi connectivity index (χ4n) is 4.48. The first-order valence-electron chi connectivity index (χ1n) is 11.6. The smallest absolute Gasteiger partial charge is 0.330 e. The third kappa shape index (κ3) is 5.42. The lowest BCUT2D eigenvalue weighted by Gasteiger charge is -2.37. The van der Waals surface area contributed by atoms with Gasteiger partial charge in [0.1, 0.15) is 6.54 Å². The molecule has 0 aliphatic carbocycles. The average molecular weight is 501 g/mol. The van der Waals surface area contributed by atoms with E-state index in [0.29, 0.717) is 13.0 Å². The summed E-state index contributed by atoms with van der Waals surface area (Å²) >= 11 is 1.67. The summed E-state index contributed by atoms with van der Waals surface area (Å²) < 4.78 is 39.5. The third-order valence-corrected chi connectivity index (χ3v) is 7.22. The van der Waals surface area contributed by atoms with Gasteiger partial charge < -0.3 is 9.80 Å². The number of carbonyl (C=O) groups excluding carboxylic acids is 2. The van der Waals surface area contributed by atoms with Gasteiger partial charge in [-0.2, -0.15) is 13.2 Å². The van der Waals surface area contributed by atoms with E-state index in [-0.39, 0.29) is 30.6 Å². The molecule has 0 radical (unpaired) electrons. The SMILES string of the molecule is CCCN(CC(=O)N1CCc2sccc2C1c1ccc(C)cc1)C(=O)c1cccc(C(F)(F)F)c1.